The number of carbonyl (C=O) groups is 2. The fraction of sp³-hybridized carbons (Fsp3) is 0.412. The van der Waals surface area contributed by atoms with Crippen LogP contribution < -0.4 is 4.74 Å². The summed E-state index contributed by atoms with van der Waals surface area (Å²) in [5, 5.41) is 0. The van der Waals surface area contributed by atoms with Crippen LogP contribution in [0.25, 0.3) is 0 Å². The summed E-state index contributed by atoms with van der Waals surface area (Å²) >= 11 is 0. The zero-order valence-corrected chi connectivity index (χ0v) is 13.8. The smallest absolute Gasteiger partial charge is 0.344 e. The summed E-state index contributed by atoms with van der Waals surface area (Å²) < 4.78 is 65.6. The number of esters is 1. The molecule has 0 atom stereocenters. The molecular weight excluding hydrogens is 344 g/mol. The third kappa shape index (κ3) is 3.83. The van der Waals surface area contributed by atoms with Gasteiger partial charge >= 0.3 is 5.97 Å². The number of allylic oxidation sites excluding steroid dienone is 2. The van der Waals surface area contributed by atoms with E-state index in [1.54, 1.807) is 13.8 Å². The molecule has 0 fully saturated rings. The van der Waals surface area contributed by atoms with Crippen molar-refractivity contribution < 1.29 is 36.6 Å². The van der Waals surface area contributed by atoms with Crippen molar-refractivity contribution in [3.05, 3.63) is 40.7 Å². The highest BCUT2D eigenvalue weighted by atomic mass is 19.2. The van der Waals surface area contributed by atoms with Gasteiger partial charge < -0.3 is 9.47 Å². The molecular formula is C17H16F4O4. The summed E-state index contributed by atoms with van der Waals surface area (Å²) in [7, 11) is 0. The van der Waals surface area contributed by atoms with Gasteiger partial charge in [0.05, 0.1) is 6.61 Å². The van der Waals surface area contributed by atoms with Crippen LogP contribution in [0.5, 0.6) is 5.75 Å². The lowest BCUT2D eigenvalue weighted by molar-refractivity contribution is -0.117. The third-order valence-electron chi connectivity index (χ3n) is 3.56. The Balaban J connectivity index is 2.47. The van der Waals surface area contributed by atoms with Crippen LogP contribution in [0, 0.1) is 28.7 Å². The minimum Gasteiger partial charge on any atom is -0.462 e. The van der Waals surface area contributed by atoms with Crippen molar-refractivity contribution in [1.29, 1.82) is 0 Å². The zero-order valence-electron chi connectivity index (χ0n) is 13.8. The quantitative estimate of drug-likeness (QED) is 0.461. The Morgan fingerprint density at radius 3 is 2.12 bits per heavy atom. The molecule has 1 aromatic carbocycles. The average Bonchev–Trinajstić information content (AvgIpc) is 2.48. The van der Waals surface area contributed by atoms with Gasteiger partial charge in [0.15, 0.2) is 17.4 Å². The average molecular weight is 360 g/mol. The first-order valence-corrected chi connectivity index (χ1v) is 7.51. The highest BCUT2D eigenvalue weighted by Crippen LogP contribution is 2.37. The lowest BCUT2D eigenvalue weighted by Crippen LogP contribution is -2.24. The number of ketones is 1. The zero-order chi connectivity index (χ0) is 18.9. The summed E-state index contributed by atoms with van der Waals surface area (Å²) in [6.07, 6.45) is 1.37. The number of halogens is 4. The summed E-state index contributed by atoms with van der Waals surface area (Å²) in [5.74, 6) is -10.9. The van der Waals surface area contributed by atoms with E-state index in [-0.39, 0.29) is 31.0 Å². The van der Waals surface area contributed by atoms with Gasteiger partial charge in [0.2, 0.25) is 17.4 Å². The maximum absolute atomic E-state index is 14.1. The van der Waals surface area contributed by atoms with Gasteiger partial charge in [0, 0.05) is 18.9 Å². The fourth-order valence-corrected chi connectivity index (χ4v) is 2.57. The molecule has 4 nitrogen and oxygen atoms in total. The first-order valence-electron chi connectivity index (χ1n) is 7.51. The monoisotopic (exact) mass is 360 g/mol. The number of benzene rings is 1. The van der Waals surface area contributed by atoms with E-state index in [0.29, 0.717) is 0 Å². The van der Waals surface area contributed by atoms with Gasteiger partial charge in [-0.05, 0) is 12.3 Å². The lowest BCUT2D eigenvalue weighted by Gasteiger charge is -2.28. The summed E-state index contributed by atoms with van der Waals surface area (Å²) in [6, 6.07) is 0. The molecule has 0 bridgehead atoms. The van der Waals surface area contributed by atoms with Crippen molar-refractivity contribution in [2.75, 3.05) is 6.61 Å². The summed E-state index contributed by atoms with van der Waals surface area (Å²) in [4.78, 5) is 23.1. The molecule has 1 aromatic rings. The molecule has 0 N–H and O–H groups in total. The number of hydrogen-bond acceptors (Lipinski definition) is 4. The Labute approximate surface area is 141 Å². The van der Waals surface area contributed by atoms with Crippen molar-refractivity contribution >= 4 is 11.8 Å². The topological polar surface area (TPSA) is 52.6 Å². The molecule has 1 aliphatic carbocycles. The number of ether oxygens (including phenoxy) is 2. The first kappa shape index (κ1) is 19.0. The predicted octanol–water partition coefficient (Wildman–Crippen LogP) is 4.07. The second-order valence-corrected chi connectivity index (χ2v) is 6.38. The molecule has 0 amide bonds. The molecule has 0 unspecified atom stereocenters. The van der Waals surface area contributed by atoms with E-state index < -0.39 is 46.0 Å². The normalized spacial score (nSPS) is 16.4. The van der Waals surface area contributed by atoms with Crippen LogP contribution in [0.2, 0.25) is 0 Å². The number of hydrogen-bond donors (Lipinski definition) is 0. The second-order valence-electron chi connectivity index (χ2n) is 6.38. The van der Waals surface area contributed by atoms with Crippen molar-refractivity contribution in [2.24, 2.45) is 5.41 Å². The minimum atomic E-state index is -1.92. The molecule has 2 rings (SSSR count). The van der Waals surface area contributed by atoms with Crippen LogP contribution in [0.15, 0.2) is 11.8 Å². The van der Waals surface area contributed by atoms with Gasteiger partial charge in [0.1, 0.15) is 11.3 Å². The second kappa shape index (κ2) is 6.85. The minimum absolute atomic E-state index is 0.123. The Bertz CT molecular complexity index is 739. The third-order valence-corrected chi connectivity index (χ3v) is 3.56. The molecule has 0 spiro atoms. The first-order chi connectivity index (χ1) is 11.6. The Hall–Kier alpha value is -2.38. The van der Waals surface area contributed by atoms with Crippen LogP contribution in [0.4, 0.5) is 17.6 Å². The van der Waals surface area contributed by atoms with Crippen LogP contribution in [0.1, 0.15) is 44.0 Å². The van der Waals surface area contributed by atoms with Crippen LogP contribution >= 0.6 is 0 Å². The Morgan fingerprint density at radius 1 is 1.08 bits per heavy atom. The maximum atomic E-state index is 14.1. The Kier molecular flexibility index (Phi) is 5.20. The van der Waals surface area contributed by atoms with Crippen molar-refractivity contribution in [1.82, 2.24) is 0 Å². The summed E-state index contributed by atoms with van der Waals surface area (Å²) in [6.45, 7) is 4.60. The van der Waals surface area contributed by atoms with E-state index in [1.165, 1.54) is 6.92 Å². The molecule has 136 valence electrons. The predicted molar refractivity (Wildman–Crippen MR) is 79.0 cm³/mol. The van der Waals surface area contributed by atoms with Crippen LogP contribution in [0.3, 0.4) is 0 Å². The van der Waals surface area contributed by atoms with Gasteiger partial charge in [0.25, 0.3) is 0 Å². The van der Waals surface area contributed by atoms with Gasteiger partial charge in [-0.1, -0.05) is 13.8 Å². The van der Waals surface area contributed by atoms with E-state index in [2.05, 4.69) is 4.74 Å². The van der Waals surface area contributed by atoms with Gasteiger partial charge in [-0.3, -0.25) is 4.79 Å². The van der Waals surface area contributed by atoms with Crippen LogP contribution in [-0.2, 0) is 9.53 Å². The number of rotatable bonds is 4. The molecule has 0 heterocycles. The van der Waals surface area contributed by atoms with E-state index >= 15 is 0 Å². The standard InChI is InChI=1S/C17H16F4O4/c1-4-24-16(23)10-11(18)13(20)15(14(21)12(10)19)25-9-5-8(22)6-17(2,3)7-9/h5H,4,6-7H2,1-3H3. The molecule has 0 aliphatic heterocycles. The van der Waals surface area contributed by atoms with Crippen molar-refractivity contribution in [3.63, 3.8) is 0 Å². The molecule has 0 radical (unpaired) electrons. The van der Waals surface area contributed by atoms with E-state index in [1.807, 2.05) is 0 Å². The molecule has 0 saturated carbocycles. The van der Waals surface area contributed by atoms with E-state index in [0.717, 1.165) is 6.08 Å². The van der Waals surface area contributed by atoms with Gasteiger partial charge in [-0.2, -0.15) is 8.78 Å². The van der Waals surface area contributed by atoms with Gasteiger partial charge in [-0.25, -0.2) is 13.6 Å². The largest absolute Gasteiger partial charge is 0.462 e. The molecule has 1 aliphatic rings. The van der Waals surface area contributed by atoms with Crippen molar-refractivity contribution in [3.8, 4) is 5.75 Å². The fourth-order valence-electron chi connectivity index (χ4n) is 2.57. The van der Waals surface area contributed by atoms with E-state index in [9.17, 15) is 27.2 Å². The number of carbonyl (C=O) groups excluding carboxylic acids is 2. The maximum Gasteiger partial charge on any atom is 0.344 e. The van der Waals surface area contributed by atoms with Crippen LogP contribution in [-0.4, -0.2) is 18.4 Å². The molecule has 0 aromatic heterocycles. The van der Waals surface area contributed by atoms with E-state index in [4.69, 9.17) is 4.74 Å². The lowest BCUT2D eigenvalue weighted by atomic mass is 9.79. The Morgan fingerprint density at radius 2 is 1.64 bits per heavy atom. The van der Waals surface area contributed by atoms with Gasteiger partial charge in [-0.15, -0.1) is 0 Å². The highest BCUT2D eigenvalue weighted by molar-refractivity contribution is 5.92. The molecule has 8 heteroatoms. The van der Waals surface area contributed by atoms with Crippen molar-refractivity contribution in [2.45, 2.75) is 33.6 Å². The molecule has 0 saturated heterocycles. The highest BCUT2D eigenvalue weighted by Gasteiger charge is 2.34. The summed E-state index contributed by atoms with van der Waals surface area (Å²) in [5.41, 5.74) is -2.01. The SMILES string of the molecule is CCOC(=O)c1c(F)c(F)c(OC2=CC(=O)CC(C)(C)C2)c(F)c1F. The molecule has 25 heavy (non-hydrogen) atoms.